The van der Waals surface area contributed by atoms with Gasteiger partial charge in [0, 0.05) is 48.8 Å². The molecule has 30 heavy (non-hydrogen) atoms. The lowest BCUT2D eigenvalue weighted by Crippen LogP contribution is -2.21. The number of hydrogen-bond acceptors (Lipinski definition) is 6. The molecule has 0 atom stereocenters. The molecule has 0 aliphatic rings. The summed E-state index contributed by atoms with van der Waals surface area (Å²) < 4.78 is 40.7. The van der Waals surface area contributed by atoms with Gasteiger partial charge in [-0.05, 0) is 36.4 Å². The third-order valence-electron chi connectivity index (χ3n) is 4.34. The molecule has 156 valence electrons. The number of benzene rings is 2. The van der Waals surface area contributed by atoms with E-state index in [4.69, 9.17) is 11.6 Å². The second-order valence-electron chi connectivity index (χ2n) is 6.27. The van der Waals surface area contributed by atoms with Gasteiger partial charge in [-0.3, -0.25) is 10.1 Å². The fourth-order valence-electron chi connectivity index (χ4n) is 2.68. The molecule has 11 heteroatoms. The number of nitrogens with zero attached hydrogens (tertiary/aromatic N) is 5. The van der Waals surface area contributed by atoms with Crippen LogP contribution in [-0.4, -0.2) is 29.0 Å². The van der Waals surface area contributed by atoms with Gasteiger partial charge in [0.05, 0.1) is 4.92 Å². The van der Waals surface area contributed by atoms with E-state index in [0.29, 0.717) is 22.6 Å². The van der Waals surface area contributed by atoms with E-state index in [1.54, 1.807) is 31.3 Å². The van der Waals surface area contributed by atoms with Gasteiger partial charge >= 0.3 is 6.18 Å². The summed E-state index contributed by atoms with van der Waals surface area (Å²) in [5, 5.41) is 11.3. The van der Waals surface area contributed by atoms with Crippen molar-refractivity contribution in [2.75, 3.05) is 23.9 Å². The van der Waals surface area contributed by atoms with Gasteiger partial charge in [-0.1, -0.05) is 11.6 Å². The van der Waals surface area contributed by atoms with E-state index in [2.05, 4.69) is 9.97 Å². The third kappa shape index (κ3) is 4.43. The molecule has 7 nitrogen and oxygen atoms in total. The van der Waals surface area contributed by atoms with Crippen LogP contribution in [0.1, 0.15) is 5.56 Å². The Morgan fingerprint density at radius 1 is 0.967 bits per heavy atom. The van der Waals surface area contributed by atoms with Gasteiger partial charge in [-0.25, -0.2) is 4.98 Å². The number of nitro benzene ring substituents is 1. The molecule has 0 fully saturated rings. The minimum atomic E-state index is -4.69. The Labute approximate surface area is 174 Å². The first-order chi connectivity index (χ1) is 14.1. The van der Waals surface area contributed by atoms with Crippen molar-refractivity contribution in [2.45, 2.75) is 6.18 Å². The Balaban J connectivity index is 2.05. The molecule has 0 aliphatic heterocycles. The number of non-ortho nitro benzene ring substituents is 1. The van der Waals surface area contributed by atoms with Gasteiger partial charge in [0.25, 0.3) is 5.69 Å². The largest absolute Gasteiger partial charge is 0.421 e. The minimum Gasteiger partial charge on any atom is -0.329 e. The maximum Gasteiger partial charge on any atom is 0.421 e. The molecule has 0 unspecified atom stereocenters. The first kappa shape index (κ1) is 21.3. The second-order valence-corrected chi connectivity index (χ2v) is 6.71. The van der Waals surface area contributed by atoms with Crippen LogP contribution in [0.4, 0.5) is 42.0 Å². The lowest BCUT2D eigenvalue weighted by molar-refractivity contribution is -0.384. The molecule has 3 aromatic rings. The standard InChI is InChI=1S/C19H15ClF3N5O2/c1-26(13-7-9-15(10-8-13)28(29)30)17-16(19(21,22)23)11-24-18(25-17)27(2)14-5-3-12(20)4-6-14/h3-11H,1-2H3. The average Bonchev–Trinajstić information content (AvgIpc) is 2.72. The predicted molar refractivity (Wildman–Crippen MR) is 108 cm³/mol. The van der Waals surface area contributed by atoms with E-state index in [-0.39, 0.29) is 17.5 Å². The fourth-order valence-corrected chi connectivity index (χ4v) is 2.81. The van der Waals surface area contributed by atoms with Gasteiger partial charge in [-0.2, -0.15) is 18.2 Å². The number of rotatable bonds is 5. The summed E-state index contributed by atoms with van der Waals surface area (Å²) in [6.07, 6.45) is -3.98. The zero-order valence-electron chi connectivity index (χ0n) is 15.8. The summed E-state index contributed by atoms with van der Waals surface area (Å²) in [5.74, 6) is -0.351. The monoisotopic (exact) mass is 437 g/mol. The molecule has 0 saturated heterocycles. The van der Waals surface area contributed by atoms with Gasteiger partial charge < -0.3 is 9.80 Å². The van der Waals surface area contributed by atoms with Crippen LogP contribution in [0, 0.1) is 10.1 Å². The molecule has 0 spiro atoms. The highest BCUT2D eigenvalue weighted by molar-refractivity contribution is 6.30. The van der Waals surface area contributed by atoms with E-state index < -0.39 is 16.7 Å². The predicted octanol–water partition coefficient (Wildman–Crippen LogP) is 5.59. The van der Waals surface area contributed by atoms with Crippen molar-refractivity contribution in [2.24, 2.45) is 0 Å². The van der Waals surface area contributed by atoms with Crippen LogP contribution in [0.3, 0.4) is 0 Å². The van der Waals surface area contributed by atoms with Gasteiger partial charge in [0.1, 0.15) is 5.56 Å². The molecule has 0 saturated carbocycles. The summed E-state index contributed by atoms with van der Waals surface area (Å²) in [6.45, 7) is 0. The zero-order valence-corrected chi connectivity index (χ0v) is 16.5. The van der Waals surface area contributed by atoms with E-state index >= 15 is 0 Å². The molecule has 1 heterocycles. The van der Waals surface area contributed by atoms with E-state index in [0.717, 1.165) is 0 Å². The normalized spacial score (nSPS) is 11.3. The summed E-state index contributed by atoms with van der Waals surface area (Å²) in [5.41, 5.74) is -0.279. The molecule has 0 N–H and O–H groups in total. The van der Waals surface area contributed by atoms with Crippen molar-refractivity contribution in [1.29, 1.82) is 0 Å². The highest BCUT2D eigenvalue weighted by Gasteiger charge is 2.37. The van der Waals surface area contributed by atoms with Crippen LogP contribution in [0.5, 0.6) is 0 Å². The highest BCUT2D eigenvalue weighted by Crippen LogP contribution is 2.38. The molecule has 0 bridgehead atoms. The quantitative estimate of drug-likeness (QED) is 0.382. The first-order valence-electron chi connectivity index (χ1n) is 8.49. The van der Waals surface area contributed by atoms with Gasteiger partial charge in [0.2, 0.25) is 5.95 Å². The molecule has 0 amide bonds. The third-order valence-corrected chi connectivity index (χ3v) is 4.59. The van der Waals surface area contributed by atoms with Gasteiger partial charge in [0.15, 0.2) is 5.82 Å². The first-order valence-corrected chi connectivity index (χ1v) is 8.87. The van der Waals surface area contributed by atoms with Crippen molar-refractivity contribution in [3.8, 4) is 0 Å². The lowest BCUT2D eigenvalue weighted by atomic mass is 10.2. The summed E-state index contributed by atoms with van der Waals surface area (Å²) in [4.78, 5) is 20.9. The van der Waals surface area contributed by atoms with E-state index in [1.807, 2.05) is 0 Å². The van der Waals surface area contributed by atoms with Crippen LogP contribution < -0.4 is 9.80 Å². The summed E-state index contributed by atoms with van der Waals surface area (Å²) in [6, 6.07) is 11.8. The summed E-state index contributed by atoms with van der Waals surface area (Å²) >= 11 is 5.88. The number of aromatic nitrogens is 2. The second kappa shape index (κ2) is 8.15. The highest BCUT2D eigenvalue weighted by atomic mass is 35.5. The smallest absolute Gasteiger partial charge is 0.329 e. The number of nitro groups is 1. The molecule has 1 aromatic heterocycles. The Bertz CT molecular complexity index is 1060. The maximum absolute atomic E-state index is 13.6. The van der Waals surface area contributed by atoms with Crippen molar-refractivity contribution < 1.29 is 18.1 Å². The Kier molecular flexibility index (Phi) is 5.79. The molecule has 0 radical (unpaired) electrons. The molecular weight excluding hydrogens is 423 g/mol. The Morgan fingerprint density at radius 2 is 1.50 bits per heavy atom. The Hall–Kier alpha value is -3.40. The maximum atomic E-state index is 13.6. The molecular formula is C19H15ClF3N5O2. The lowest BCUT2D eigenvalue weighted by Gasteiger charge is -2.25. The molecule has 0 aliphatic carbocycles. The topological polar surface area (TPSA) is 75.4 Å². The van der Waals surface area contributed by atoms with Crippen molar-refractivity contribution in [3.63, 3.8) is 0 Å². The zero-order chi connectivity index (χ0) is 22.1. The van der Waals surface area contributed by atoms with Crippen LogP contribution in [0.15, 0.2) is 54.7 Å². The van der Waals surface area contributed by atoms with Gasteiger partial charge in [-0.15, -0.1) is 0 Å². The SMILES string of the molecule is CN(c1ccc(Cl)cc1)c1ncc(C(F)(F)F)c(N(C)c2ccc([N+](=O)[O-])cc2)n1. The number of anilines is 4. The summed E-state index contributed by atoms with van der Waals surface area (Å²) in [7, 11) is 3.01. The van der Waals surface area contributed by atoms with E-state index in [9.17, 15) is 23.3 Å². The average molecular weight is 438 g/mol. The van der Waals surface area contributed by atoms with Crippen LogP contribution in [-0.2, 0) is 6.18 Å². The van der Waals surface area contributed by atoms with Crippen LogP contribution in [0.2, 0.25) is 5.02 Å². The fraction of sp³-hybridized carbons (Fsp3) is 0.158. The number of hydrogen-bond donors (Lipinski definition) is 0. The Morgan fingerprint density at radius 3 is 2.03 bits per heavy atom. The number of alkyl halides is 3. The molecule has 3 rings (SSSR count). The minimum absolute atomic E-state index is 0.0362. The number of halogens is 4. The van der Waals surface area contributed by atoms with Crippen LogP contribution in [0.25, 0.3) is 0 Å². The van der Waals surface area contributed by atoms with Crippen molar-refractivity contribution in [1.82, 2.24) is 9.97 Å². The van der Waals surface area contributed by atoms with Crippen molar-refractivity contribution >= 4 is 40.4 Å². The van der Waals surface area contributed by atoms with E-state index in [1.165, 1.54) is 41.1 Å². The van der Waals surface area contributed by atoms with Crippen molar-refractivity contribution in [3.05, 3.63) is 75.4 Å². The molecule has 2 aromatic carbocycles. The van der Waals surface area contributed by atoms with Crippen LogP contribution >= 0.6 is 11.6 Å².